The highest BCUT2D eigenvalue weighted by Crippen LogP contribution is 2.24. The van der Waals surface area contributed by atoms with Crippen LogP contribution < -0.4 is 5.32 Å². The molecule has 0 aliphatic heterocycles. The lowest BCUT2D eigenvalue weighted by atomic mass is 10.4. The minimum atomic E-state index is -1.12. The average molecular weight is 280 g/mol. The molecular formula is C11H15Cl2NOS. The van der Waals surface area contributed by atoms with Gasteiger partial charge in [0.25, 0.3) is 0 Å². The Bertz CT molecular complexity index is 384. The topological polar surface area (TPSA) is 29.1 Å². The molecule has 0 heterocycles. The highest BCUT2D eigenvalue weighted by Gasteiger charge is 2.12. The molecule has 5 heteroatoms. The Kier molecular flexibility index (Phi) is 5.76. The van der Waals surface area contributed by atoms with E-state index in [4.69, 9.17) is 23.2 Å². The first kappa shape index (κ1) is 14.0. The zero-order valence-corrected chi connectivity index (χ0v) is 11.6. The number of benzene rings is 1. The summed E-state index contributed by atoms with van der Waals surface area (Å²) < 4.78 is 12.0. The van der Waals surface area contributed by atoms with Crippen LogP contribution in [0.25, 0.3) is 0 Å². The summed E-state index contributed by atoms with van der Waals surface area (Å²) in [6, 6.07) is 5.23. The van der Waals surface area contributed by atoms with Crippen molar-refractivity contribution in [1.82, 2.24) is 5.32 Å². The van der Waals surface area contributed by atoms with Crippen molar-refractivity contribution >= 4 is 34.0 Å². The van der Waals surface area contributed by atoms with Gasteiger partial charge in [-0.1, -0.05) is 30.1 Å². The van der Waals surface area contributed by atoms with Crippen LogP contribution in [-0.4, -0.2) is 22.5 Å². The van der Waals surface area contributed by atoms with Crippen LogP contribution in [0.5, 0.6) is 0 Å². The molecule has 0 spiro atoms. The van der Waals surface area contributed by atoms with Crippen molar-refractivity contribution < 1.29 is 4.21 Å². The van der Waals surface area contributed by atoms with Crippen molar-refractivity contribution in [2.75, 3.05) is 12.3 Å². The van der Waals surface area contributed by atoms with Crippen LogP contribution in [0.3, 0.4) is 0 Å². The predicted molar refractivity (Wildman–Crippen MR) is 70.9 cm³/mol. The second-order valence-electron chi connectivity index (χ2n) is 3.55. The van der Waals surface area contributed by atoms with Crippen LogP contribution in [-0.2, 0) is 10.8 Å². The standard InChI is InChI=1S/C11H15Cl2NOS/c1-3-14-8(2)7-16(15)11-6-9(12)4-5-10(11)13/h4-6,8,14H,3,7H2,1-2H3. The molecule has 1 rings (SSSR count). The van der Waals surface area contributed by atoms with Crippen LogP contribution in [0, 0.1) is 0 Å². The summed E-state index contributed by atoms with van der Waals surface area (Å²) in [5, 5.41) is 4.28. The van der Waals surface area contributed by atoms with E-state index in [2.05, 4.69) is 5.32 Å². The zero-order chi connectivity index (χ0) is 12.1. The maximum absolute atomic E-state index is 12.0. The fraction of sp³-hybridized carbons (Fsp3) is 0.455. The Morgan fingerprint density at radius 2 is 2.12 bits per heavy atom. The van der Waals surface area contributed by atoms with Crippen molar-refractivity contribution in [1.29, 1.82) is 0 Å². The lowest BCUT2D eigenvalue weighted by Crippen LogP contribution is -2.30. The van der Waals surface area contributed by atoms with Crippen molar-refractivity contribution in [3.8, 4) is 0 Å². The minimum absolute atomic E-state index is 0.195. The number of halogens is 2. The third-order valence-corrected chi connectivity index (χ3v) is 4.40. The lowest BCUT2D eigenvalue weighted by molar-refractivity contribution is 0.607. The van der Waals surface area contributed by atoms with Crippen LogP contribution in [0.4, 0.5) is 0 Å². The fourth-order valence-electron chi connectivity index (χ4n) is 1.38. The first-order chi connectivity index (χ1) is 7.54. The van der Waals surface area contributed by atoms with Gasteiger partial charge in [0.2, 0.25) is 0 Å². The molecule has 1 N–H and O–H groups in total. The summed E-state index contributed by atoms with van der Waals surface area (Å²) in [7, 11) is -1.12. The van der Waals surface area contributed by atoms with Gasteiger partial charge in [-0.05, 0) is 31.7 Å². The first-order valence-electron chi connectivity index (χ1n) is 5.11. The van der Waals surface area contributed by atoms with Crippen LogP contribution in [0.1, 0.15) is 13.8 Å². The lowest BCUT2D eigenvalue weighted by Gasteiger charge is -2.12. The smallest absolute Gasteiger partial charge is 0.0589 e. The zero-order valence-electron chi connectivity index (χ0n) is 9.30. The van der Waals surface area contributed by atoms with Gasteiger partial charge >= 0.3 is 0 Å². The summed E-state index contributed by atoms with van der Waals surface area (Å²) in [4.78, 5) is 0.610. The Labute approximate surface area is 109 Å². The van der Waals surface area contributed by atoms with Crippen molar-refractivity contribution in [3.05, 3.63) is 28.2 Å². The number of rotatable bonds is 5. The monoisotopic (exact) mass is 279 g/mol. The van der Waals surface area contributed by atoms with Gasteiger partial charge in [-0.3, -0.25) is 4.21 Å². The summed E-state index contributed by atoms with van der Waals surface area (Å²) >= 11 is 11.8. The van der Waals surface area contributed by atoms with Gasteiger partial charge in [-0.15, -0.1) is 0 Å². The first-order valence-corrected chi connectivity index (χ1v) is 7.19. The molecule has 1 aromatic rings. The van der Waals surface area contributed by atoms with Crippen LogP contribution >= 0.6 is 23.2 Å². The molecule has 0 bridgehead atoms. The van der Waals surface area contributed by atoms with Crippen LogP contribution in [0.2, 0.25) is 10.0 Å². The summed E-state index contributed by atoms with van der Waals surface area (Å²) in [6.07, 6.45) is 0. The maximum atomic E-state index is 12.0. The Balaban J connectivity index is 2.76. The molecule has 0 aromatic heterocycles. The van der Waals surface area contributed by atoms with Gasteiger partial charge in [0, 0.05) is 16.8 Å². The predicted octanol–water partition coefficient (Wildman–Crippen LogP) is 3.10. The summed E-state index contributed by atoms with van der Waals surface area (Å²) in [5.74, 6) is 0.536. The molecule has 2 unspecified atom stereocenters. The molecule has 0 saturated heterocycles. The normalized spacial score (nSPS) is 14.8. The highest BCUT2D eigenvalue weighted by molar-refractivity contribution is 7.85. The number of nitrogens with one attached hydrogen (secondary N) is 1. The van der Waals surface area contributed by atoms with Gasteiger partial charge in [0.15, 0.2) is 0 Å². The molecule has 0 radical (unpaired) electrons. The third-order valence-electron chi connectivity index (χ3n) is 2.09. The Morgan fingerprint density at radius 1 is 1.44 bits per heavy atom. The molecule has 0 aliphatic carbocycles. The minimum Gasteiger partial charge on any atom is -0.314 e. The van der Waals surface area contributed by atoms with Crippen molar-refractivity contribution in [2.45, 2.75) is 24.8 Å². The number of hydrogen-bond acceptors (Lipinski definition) is 2. The maximum Gasteiger partial charge on any atom is 0.0589 e. The van der Waals surface area contributed by atoms with Crippen molar-refractivity contribution in [2.24, 2.45) is 0 Å². The molecule has 0 amide bonds. The molecule has 2 nitrogen and oxygen atoms in total. The fourth-order valence-corrected chi connectivity index (χ4v) is 3.28. The van der Waals surface area contributed by atoms with Gasteiger partial charge in [0.05, 0.1) is 20.7 Å². The van der Waals surface area contributed by atoms with E-state index in [-0.39, 0.29) is 6.04 Å². The largest absolute Gasteiger partial charge is 0.314 e. The summed E-state index contributed by atoms with van der Waals surface area (Å²) in [5.41, 5.74) is 0. The third kappa shape index (κ3) is 4.06. The SMILES string of the molecule is CCNC(C)CS(=O)c1cc(Cl)ccc1Cl. The van der Waals surface area contributed by atoms with E-state index in [1.165, 1.54) is 0 Å². The van der Waals surface area contributed by atoms with Gasteiger partial charge < -0.3 is 5.32 Å². The molecule has 0 fully saturated rings. The second kappa shape index (κ2) is 6.60. The van der Waals surface area contributed by atoms with E-state index in [1.54, 1.807) is 18.2 Å². The van der Waals surface area contributed by atoms with E-state index < -0.39 is 10.8 Å². The van der Waals surface area contributed by atoms with E-state index in [1.807, 2.05) is 13.8 Å². The molecule has 2 atom stereocenters. The Morgan fingerprint density at radius 3 is 2.75 bits per heavy atom. The molecule has 1 aromatic carbocycles. The molecule has 0 aliphatic rings. The summed E-state index contributed by atoms with van der Waals surface area (Å²) in [6.45, 7) is 4.88. The van der Waals surface area contributed by atoms with Crippen LogP contribution in [0.15, 0.2) is 23.1 Å². The van der Waals surface area contributed by atoms with Gasteiger partial charge in [-0.2, -0.15) is 0 Å². The molecule has 0 saturated carbocycles. The quantitative estimate of drug-likeness (QED) is 0.898. The molecular weight excluding hydrogens is 265 g/mol. The van der Waals surface area contributed by atoms with Crippen molar-refractivity contribution in [3.63, 3.8) is 0 Å². The van der Waals surface area contributed by atoms with E-state index in [0.29, 0.717) is 20.7 Å². The molecule has 16 heavy (non-hydrogen) atoms. The number of hydrogen-bond donors (Lipinski definition) is 1. The van der Waals surface area contributed by atoms with Gasteiger partial charge in [-0.25, -0.2) is 0 Å². The van der Waals surface area contributed by atoms with E-state index in [0.717, 1.165) is 6.54 Å². The Hall–Kier alpha value is -0.0900. The molecule has 90 valence electrons. The van der Waals surface area contributed by atoms with Gasteiger partial charge in [0.1, 0.15) is 0 Å². The van der Waals surface area contributed by atoms with E-state index in [9.17, 15) is 4.21 Å². The second-order valence-corrected chi connectivity index (χ2v) is 5.85. The van der Waals surface area contributed by atoms with E-state index >= 15 is 0 Å². The average Bonchev–Trinajstić information content (AvgIpc) is 2.21. The highest BCUT2D eigenvalue weighted by atomic mass is 35.5.